The molecule has 0 spiro atoms. The van der Waals surface area contributed by atoms with E-state index in [0.29, 0.717) is 61.4 Å². The van der Waals surface area contributed by atoms with Gasteiger partial charge < -0.3 is 19.1 Å². The number of rotatable bonds is 10. The van der Waals surface area contributed by atoms with Crippen LogP contribution in [0.5, 0.6) is 11.5 Å². The summed E-state index contributed by atoms with van der Waals surface area (Å²) in [5.41, 5.74) is 2.23. The van der Waals surface area contributed by atoms with E-state index in [1.165, 1.54) is 5.01 Å². The van der Waals surface area contributed by atoms with Crippen LogP contribution in [0.25, 0.3) is 0 Å². The standard InChI is InChI=1S/C28H35ClN4O5/c1-4-27(34)32(12-11-31-13-15-38-16-14-31)19-28(35)33-25(22-17-20(36-2)9-10-26(22)37-3)18-24(30-33)21-7-5-6-8-23(21)29/h5-10,17,25H,4,11-16,18-19H2,1-3H3/t25-/m1/s1. The Hall–Kier alpha value is -3.14. The first-order chi connectivity index (χ1) is 18.4. The van der Waals surface area contributed by atoms with Gasteiger partial charge in [0.15, 0.2) is 0 Å². The van der Waals surface area contributed by atoms with Gasteiger partial charge in [-0.05, 0) is 24.3 Å². The Balaban J connectivity index is 1.62. The fraction of sp³-hybridized carbons (Fsp3) is 0.464. The molecule has 2 aromatic carbocycles. The molecule has 38 heavy (non-hydrogen) atoms. The van der Waals surface area contributed by atoms with E-state index in [1.54, 1.807) is 25.2 Å². The summed E-state index contributed by atoms with van der Waals surface area (Å²) in [5.74, 6) is 0.924. The fourth-order valence-corrected chi connectivity index (χ4v) is 5.02. The second kappa shape index (κ2) is 13.1. The van der Waals surface area contributed by atoms with Crippen molar-refractivity contribution >= 4 is 29.1 Å². The quantitative estimate of drug-likeness (QED) is 0.456. The maximum Gasteiger partial charge on any atom is 0.262 e. The highest BCUT2D eigenvalue weighted by atomic mass is 35.5. The predicted molar refractivity (Wildman–Crippen MR) is 146 cm³/mol. The minimum absolute atomic E-state index is 0.0703. The molecule has 10 heteroatoms. The summed E-state index contributed by atoms with van der Waals surface area (Å²) in [6, 6.07) is 12.5. The Bertz CT molecular complexity index is 1170. The van der Waals surface area contributed by atoms with Crippen molar-refractivity contribution in [2.45, 2.75) is 25.8 Å². The van der Waals surface area contributed by atoms with Crippen molar-refractivity contribution in [1.29, 1.82) is 0 Å². The number of hydrogen-bond acceptors (Lipinski definition) is 7. The Morgan fingerprint density at radius 3 is 2.58 bits per heavy atom. The lowest BCUT2D eigenvalue weighted by Crippen LogP contribution is -2.46. The van der Waals surface area contributed by atoms with Gasteiger partial charge in [-0.1, -0.05) is 36.7 Å². The van der Waals surface area contributed by atoms with Gasteiger partial charge in [0.05, 0.1) is 39.2 Å². The zero-order valence-electron chi connectivity index (χ0n) is 22.2. The molecule has 1 saturated heterocycles. The molecule has 0 bridgehead atoms. The largest absolute Gasteiger partial charge is 0.497 e. The molecule has 1 fully saturated rings. The van der Waals surface area contributed by atoms with Crippen molar-refractivity contribution in [2.24, 2.45) is 5.10 Å². The first kappa shape index (κ1) is 27.9. The van der Waals surface area contributed by atoms with Crippen LogP contribution in [0.4, 0.5) is 0 Å². The zero-order chi connectivity index (χ0) is 27.1. The lowest BCUT2D eigenvalue weighted by Gasteiger charge is -2.31. The van der Waals surface area contributed by atoms with E-state index in [9.17, 15) is 9.59 Å². The first-order valence-electron chi connectivity index (χ1n) is 12.9. The van der Waals surface area contributed by atoms with Crippen LogP contribution in [0, 0.1) is 0 Å². The Labute approximate surface area is 228 Å². The highest BCUT2D eigenvalue weighted by Gasteiger charge is 2.36. The number of morpholine rings is 1. The molecule has 2 aliphatic heterocycles. The number of hydrazone groups is 1. The van der Waals surface area contributed by atoms with E-state index in [-0.39, 0.29) is 18.4 Å². The van der Waals surface area contributed by atoms with Crippen LogP contribution < -0.4 is 9.47 Å². The van der Waals surface area contributed by atoms with Crippen molar-refractivity contribution in [1.82, 2.24) is 14.8 Å². The van der Waals surface area contributed by atoms with E-state index in [4.69, 9.17) is 30.9 Å². The monoisotopic (exact) mass is 542 g/mol. The highest BCUT2D eigenvalue weighted by Crippen LogP contribution is 2.40. The smallest absolute Gasteiger partial charge is 0.262 e. The van der Waals surface area contributed by atoms with E-state index in [1.807, 2.05) is 43.3 Å². The normalized spacial score (nSPS) is 17.7. The number of amides is 2. The molecule has 204 valence electrons. The fourth-order valence-electron chi connectivity index (χ4n) is 4.78. The molecule has 4 rings (SSSR count). The molecule has 2 aliphatic rings. The second-order valence-corrected chi connectivity index (χ2v) is 9.62. The summed E-state index contributed by atoms with van der Waals surface area (Å²) in [6.45, 7) is 5.87. The first-order valence-corrected chi connectivity index (χ1v) is 13.3. The number of ether oxygens (including phenoxy) is 3. The van der Waals surface area contributed by atoms with Gasteiger partial charge in [0, 0.05) is 55.2 Å². The van der Waals surface area contributed by atoms with E-state index in [2.05, 4.69) is 4.90 Å². The third-order valence-electron chi connectivity index (χ3n) is 6.92. The lowest BCUT2D eigenvalue weighted by atomic mass is 9.97. The van der Waals surface area contributed by atoms with Crippen molar-refractivity contribution in [3.63, 3.8) is 0 Å². The van der Waals surface area contributed by atoms with Crippen LogP contribution >= 0.6 is 11.6 Å². The van der Waals surface area contributed by atoms with E-state index in [0.717, 1.165) is 24.2 Å². The van der Waals surface area contributed by atoms with Crippen LogP contribution in [-0.4, -0.2) is 92.5 Å². The van der Waals surface area contributed by atoms with Crippen molar-refractivity contribution in [3.8, 4) is 11.5 Å². The van der Waals surface area contributed by atoms with Crippen LogP contribution in [0.3, 0.4) is 0 Å². The van der Waals surface area contributed by atoms with Crippen LogP contribution in [-0.2, 0) is 14.3 Å². The number of methoxy groups -OCH3 is 2. The average Bonchev–Trinajstić information content (AvgIpc) is 3.40. The molecule has 0 radical (unpaired) electrons. The number of carbonyl (C=O) groups excluding carboxylic acids is 2. The van der Waals surface area contributed by atoms with Crippen LogP contribution in [0.15, 0.2) is 47.6 Å². The molecule has 0 N–H and O–H groups in total. The molecule has 2 aromatic rings. The van der Waals surface area contributed by atoms with Crippen molar-refractivity contribution in [2.75, 3.05) is 60.2 Å². The molecule has 1 atom stereocenters. The van der Waals surface area contributed by atoms with Gasteiger partial charge >= 0.3 is 0 Å². The summed E-state index contributed by atoms with van der Waals surface area (Å²) in [6.07, 6.45) is 0.756. The lowest BCUT2D eigenvalue weighted by molar-refractivity contribution is -0.141. The Morgan fingerprint density at radius 2 is 1.89 bits per heavy atom. The van der Waals surface area contributed by atoms with Crippen LogP contribution in [0.1, 0.15) is 36.9 Å². The highest BCUT2D eigenvalue weighted by molar-refractivity contribution is 6.34. The van der Waals surface area contributed by atoms with E-state index < -0.39 is 6.04 Å². The SMILES string of the molecule is CCC(=O)N(CCN1CCOCC1)CC(=O)N1N=C(c2ccccc2Cl)C[C@@H]1c1cc(OC)ccc1OC. The number of halogens is 1. The summed E-state index contributed by atoms with van der Waals surface area (Å²) < 4.78 is 16.5. The summed E-state index contributed by atoms with van der Waals surface area (Å²) in [7, 11) is 3.19. The molecular weight excluding hydrogens is 508 g/mol. The van der Waals surface area contributed by atoms with Gasteiger partial charge in [0.25, 0.3) is 5.91 Å². The van der Waals surface area contributed by atoms with Crippen molar-refractivity contribution in [3.05, 3.63) is 58.6 Å². The minimum atomic E-state index is -0.448. The number of benzene rings is 2. The maximum absolute atomic E-state index is 13.8. The van der Waals surface area contributed by atoms with Gasteiger partial charge in [0.2, 0.25) is 5.91 Å². The molecule has 2 amide bonds. The predicted octanol–water partition coefficient (Wildman–Crippen LogP) is 3.61. The van der Waals surface area contributed by atoms with Gasteiger partial charge in [-0.2, -0.15) is 5.10 Å². The van der Waals surface area contributed by atoms with E-state index >= 15 is 0 Å². The third kappa shape index (κ3) is 6.46. The summed E-state index contributed by atoms with van der Waals surface area (Å²) in [4.78, 5) is 30.5. The molecule has 0 saturated carbocycles. The van der Waals surface area contributed by atoms with Crippen LogP contribution in [0.2, 0.25) is 5.02 Å². The average molecular weight is 543 g/mol. The zero-order valence-corrected chi connectivity index (χ0v) is 22.9. The molecular formula is C28H35ClN4O5. The summed E-state index contributed by atoms with van der Waals surface area (Å²) >= 11 is 6.50. The Kier molecular flexibility index (Phi) is 9.60. The van der Waals surface area contributed by atoms with Crippen molar-refractivity contribution < 1.29 is 23.8 Å². The second-order valence-electron chi connectivity index (χ2n) is 9.22. The van der Waals surface area contributed by atoms with Gasteiger partial charge in [-0.3, -0.25) is 14.5 Å². The number of carbonyl (C=O) groups is 2. The van der Waals surface area contributed by atoms with Gasteiger partial charge in [-0.15, -0.1) is 0 Å². The maximum atomic E-state index is 13.8. The molecule has 0 aliphatic carbocycles. The van der Waals surface area contributed by atoms with Gasteiger partial charge in [-0.25, -0.2) is 5.01 Å². The number of hydrogen-bond donors (Lipinski definition) is 0. The Morgan fingerprint density at radius 1 is 1.13 bits per heavy atom. The third-order valence-corrected chi connectivity index (χ3v) is 7.25. The summed E-state index contributed by atoms with van der Waals surface area (Å²) in [5, 5.41) is 6.78. The number of nitrogens with zero attached hydrogens (tertiary/aromatic N) is 4. The van der Waals surface area contributed by atoms with Gasteiger partial charge in [0.1, 0.15) is 18.0 Å². The topological polar surface area (TPSA) is 83.9 Å². The molecule has 9 nitrogen and oxygen atoms in total. The molecule has 2 heterocycles. The molecule has 0 unspecified atom stereocenters. The molecule has 0 aromatic heterocycles. The minimum Gasteiger partial charge on any atom is -0.497 e.